The lowest BCUT2D eigenvalue weighted by Gasteiger charge is -2.20. The molecular weight excluding hydrogens is 430 g/mol. The summed E-state index contributed by atoms with van der Waals surface area (Å²) in [6, 6.07) is 10.4. The van der Waals surface area contributed by atoms with Gasteiger partial charge in [0.2, 0.25) is 0 Å². The number of ether oxygens (including phenoxy) is 3. The molecule has 27 heavy (non-hydrogen) atoms. The van der Waals surface area contributed by atoms with Crippen molar-refractivity contribution in [3.63, 3.8) is 0 Å². The van der Waals surface area contributed by atoms with E-state index in [-0.39, 0.29) is 0 Å². The van der Waals surface area contributed by atoms with Crippen LogP contribution in [-0.2, 0) is 0 Å². The predicted octanol–water partition coefficient (Wildman–Crippen LogP) is 4.46. The number of thiocarbonyl (C=S) groups is 1. The molecule has 142 valence electrons. The highest BCUT2D eigenvalue weighted by atomic mass is 79.9. The third kappa shape index (κ3) is 4.42. The first-order chi connectivity index (χ1) is 13.0. The molecule has 0 radical (unpaired) electrons. The highest BCUT2D eigenvalue weighted by molar-refractivity contribution is 9.10. The van der Waals surface area contributed by atoms with E-state index < -0.39 is 5.97 Å². The van der Waals surface area contributed by atoms with Gasteiger partial charge in [-0.15, -0.1) is 0 Å². The average Bonchev–Trinajstić information content (AvgIpc) is 3.23. The highest BCUT2D eigenvalue weighted by Crippen LogP contribution is 2.30. The summed E-state index contributed by atoms with van der Waals surface area (Å²) in [6.45, 7) is 1.85. The molecule has 0 spiro atoms. The summed E-state index contributed by atoms with van der Waals surface area (Å²) in [6.07, 6.45) is 2.24. The zero-order chi connectivity index (χ0) is 19.4. The van der Waals surface area contributed by atoms with Crippen molar-refractivity contribution in [1.29, 1.82) is 0 Å². The monoisotopic (exact) mass is 449 g/mol. The Morgan fingerprint density at radius 3 is 2.33 bits per heavy atom. The quantitative estimate of drug-likeness (QED) is 0.381. The van der Waals surface area contributed by atoms with Crippen molar-refractivity contribution in [3.05, 3.63) is 52.0 Å². The first kappa shape index (κ1) is 19.6. The molecule has 1 heterocycles. The number of rotatable bonds is 5. The Morgan fingerprint density at radius 1 is 1.00 bits per heavy atom. The standard InChI is InChI=1S/C20H20BrNO4S/c1-24-17-7-5-13(11-18(17)25-2)20(23)26-16-8-6-14(21)12-15(16)19(27)22-9-3-4-10-22/h5-8,11-12H,3-4,9-10H2,1-2H3. The van der Waals surface area contributed by atoms with Gasteiger partial charge in [-0.05, 0) is 49.2 Å². The van der Waals surface area contributed by atoms with Crippen molar-refractivity contribution < 1.29 is 19.0 Å². The van der Waals surface area contributed by atoms with Crippen molar-refractivity contribution in [1.82, 2.24) is 4.90 Å². The maximum absolute atomic E-state index is 12.7. The molecule has 1 aliphatic rings. The number of carbonyl (C=O) groups is 1. The van der Waals surface area contributed by atoms with Crippen LogP contribution >= 0.6 is 28.1 Å². The summed E-state index contributed by atoms with van der Waals surface area (Å²) in [5.41, 5.74) is 1.10. The van der Waals surface area contributed by atoms with Gasteiger partial charge in [0.05, 0.1) is 25.3 Å². The number of methoxy groups -OCH3 is 2. The lowest BCUT2D eigenvalue weighted by molar-refractivity contribution is 0.0734. The molecular formula is C20H20BrNO4S. The number of hydrogen-bond donors (Lipinski definition) is 0. The van der Waals surface area contributed by atoms with Crippen LogP contribution in [0.1, 0.15) is 28.8 Å². The van der Waals surface area contributed by atoms with Crippen molar-refractivity contribution in [2.75, 3.05) is 27.3 Å². The van der Waals surface area contributed by atoms with Crippen molar-refractivity contribution in [2.24, 2.45) is 0 Å². The van der Waals surface area contributed by atoms with Gasteiger partial charge >= 0.3 is 5.97 Å². The zero-order valence-corrected chi connectivity index (χ0v) is 17.6. The largest absolute Gasteiger partial charge is 0.493 e. The minimum atomic E-state index is -0.483. The fourth-order valence-electron chi connectivity index (χ4n) is 2.97. The molecule has 3 rings (SSSR count). The zero-order valence-electron chi connectivity index (χ0n) is 15.2. The van der Waals surface area contributed by atoms with Crippen molar-refractivity contribution >= 4 is 39.1 Å². The van der Waals surface area contributed by atoms with Gasteiger partial charge in [0.15, 0.2) is 11.5 Å². The Morgan fingerprint density at radius 2 is 1.67 bits per heavy atom. The third-order valence-electron chi connectivity index (χ3n) is 4.39. The molecule has 0 unspecified atom stereocenters. The van der Waals surface area contributed by atoms with E-state index in [1.165, 1.54) is 7.11 Å². The molecule has 0 aromatic heterocycles. The van der Waals surface area contributed by atoms with Crippen molar-refractivity contribution in [2.45, 2.75) is 12.8 Å². The van der Waals surface area contributed by atoms with E-state index in [1.54, 1.807) is 31.4 Å². The number of esters is 1. The van der Waals surface area contributed by atoms with E-state index in [9.17, 15) is 4.79 Å². The summed E-state index contributed by atoms with van der Waals surface area (Å²) in [7, 11) is 3.07. The molecule has 0 aliphatic carbocycles. The minimum absolute atomic E-state index is 0.369. The second kappa shape index (κ2) is 8.71. The molecule has 0 N–H and O–H groups in total. The van der Waals surface area contributed by atoms with E-state index in [0.717, 1.165) is 36.0 Å². The molecule has 0 saturated carbocycles. The van der Waals surface area contributed by atoms with Crippen LogP contribution in [0, 0.1) is 0 Å². The smallest absolute Gasteiger partial charge is 0.343 e. The van der Waals surface area contributed by atoms with Gasteiger partial charge in [0, 0.05) is 17.6 Å². The summed E-state index contributed by atoms with van der Waals surface area (Å²) in [5, 5.41) is 0. The second-order valence-electron chi connectivity index (χ2n) is 6.10. The first-order valence-corrected chi connectivity index (χ1v) is 9.76. The summed E-state index contributed by atoms with van der Waals surface area (Å²) in [5.74, 6) is 0.975. The third-order valence-corrected chi connectivity index (χ3v) is 5.36. The molecule has 2 aromatic rings. The summed E-state index contributed by atoms with van der Waals surface area (Å²) in [4.78, 5) is 15.5. The van der Waals surface area contributed by atoms with E-state index in [0.29, 0.717) is 27.8 Å². The molecule has 2 aromatic carbocycles. The number of benzene rings is 2. The van der Waals surface area contributed by atoms with Crippen LogP contribution in [0.5, 0.6) is 17.2 Å². The fraction of sp³-hybridized carbons (Fsp3) is 0.300. The number of halogens is 1. The van der Waals surface area contributed by atoms with Crippen LogP contribution in [0.15, 0.2) is 40.9 Å². The Balaban J connectivity index is 1.87. The SMILES string of the molecule is COc1ccc(C(=O)Oc2ccc(Br)cc2C(=S)N2CCCC2)cc1OC. The van der Waals surface area contributed by atoms with Crippen LogP contribution in [0.4, 0.5) is 0 Å². The van der Waals surface area contributed by atoms with Gasteiger partial charge in [0.25, 0.3) is 0 Å². The van der Waals surface area contributed by atoms with E-state index in [1.807, 2.05) is 12.1 Å². The van der Waals surface area contributed by atoms with Crippen molar-refractivity contribution in [3.8, 4) is 17.2 Å². The van der Waals surface area contributed by atoms with Crippen LogP contribution in [0.25, 0.3) is 0 Å². The minimum Gasteiger partial charge on any atom is -0.493 e. The number of nitrogens with zero attached hydrogens (tertiary/aromatic N) is 1. The van der Waals surface area contributed by atoms with E-state index in [2.05, 4.69) is 20.8 Å². The van der Waals surface area contributed by atoms with Crippen LogP contribution in [0.2, 0.25) is 0 Å². The fourth-order valence-corrected chi connectivity index (χ4v) is 3.67. The maximum Gasteiger partial charge on any atom is 0.343 e. The van der Waals surface area contributed by atoms with Crippen LogP contribution in [-0.4, -0.2) is 43.2 Å². The average molecular weight is 450 g/mol. The van der Waals surface area contributed by atoms with Gasteiger partial charge in [-0.1, -0.05) is 28.1 Å². The molecule has 7 heteroatoms. The molecule has 0 amide bonds. The topological polar surface area (TPSA) is 48.0 Å². The summed E-state index contributed by atoms with van der Waals surface area (Å²) < 4.78 is 17.0. The molecule has 1 fully saturated rings. The van der Waals surface area contributed by atoms with Gasteiger partial charge < -0.3 is 19.1 Å². The molecule has 1 aliphatic heterocycles. The first-order valence-electron chi connectivity index (χ1n) is 8.56. The predicted molar refractivity (Wildman–Crippen MR) is 111 cm³/mol. The van der Waals surface area contributed by atoms with Gasteiger partial charge in [0.1, 0.15) is 10.7 Å². The van der Waals surface area contributed by atoms with E-state index in [4.69, 9.17) is 26.4 Å². The van der Waals surface area contributed by atoms with Gasteiger partial charge in [-0.2, -0.15) is 0 Å². The normalized spacial score (nSPS) is 13.4. The Kier molecular flexibility index (Phi) is 6.34. The summed E-state index contributed by atoms with van der Waals surface area (Å²) >= 11 is 9.12. The van der Waals surface area contributed by atoms with Gasteiger partial charge in [-0.3, -0.25) is 0 Å². The molecule has 1 saturated heterocycles. The molecule has 0 atom stereocenters. The Labute approximate surface area is 172 Å². The lowest BCUT2D eigenvalue weighted by Crippen LogP contribution is -2.27. The number of hydrogen-bond acceptors (Lipinski definition) is 5. The Hall–Kier alpha value is -2.12. The van der Waals surface area contributed by atoms with Gasteiger partial charge in [-0.25, -0.2) is 4.79 Å². The lowest BCUT2D eigenvalue weighted by atomic mass is 10.1. The highest BCUT2D eigenvalue weighted by Gasteiger charge is 2.21. The second-order valence-corrected chi connectivity index (χ2v) is 7.40. The number of carbonyl (C=O) groups excluding carboxylic acids is 1. The Bertz CT molecular complexity index is 865. The van der Waals surface area contributed by atoms with Crippen LogP contribution < -0.4 is 14.2 Å². The van der Waals surface area contributed by atoms with E-state index >= 15 is 0 Å². The molecule has 5 nitrogen and oxygen atoms in total. The number of likely N-dealkylation sites (tertiary alicyclic amines) is 1. The van der Waals surface area contributed by atoms with Crippen LogP contribution in [0.3, 0.4) is 0 Å². The molecule has 0 bridgehead atoms. The maximum atomic E-state index is 12.7.